The molecule has 4 heteroatoms. The standard InChI is InChI=1S/C15H13F3O/c1-9-6-10(8-11(16)7-9)15(2,19)12-4-3-5-13(17)14(12)18/h3-8,19H,1-2H3. The normalized spacial score (nSPS) is 14.2. The molecule has 0 fully saturated rings. The van der Waals surface area contributed by atoms with Crippen LogP contribution in [0.1, 0.15) is 23.6 Å². The molecule has 1 atom stereocenters. The lowest BCUT2D eigenvalue weighted by atomic mass is 9.87. The fourth-order valence-corrected chi connectivity index (χ4v) is 2.05. The van der Waals surface area contributed by atoms with Gasteiger partial charge in [-0.05, 0) is 43.2 Å². The van der Waals surface area contributed by atoms with Gasteiger partial charge in [0.1, 0.15) is 11.4 Å². The van der Waals surface area contributed by atoms with Crippen molar-refractivity contribution in [2.75, 3.05) is 0 Å². The molecule has 2 rings (SSSR count). The summed E-state index contributed by atoms with van der Waals surface area (Å²) in [5, 5.41) is 10.4. The van der Waals surface area contributed by atoms with Crippen LogP contribution in [0.15, 0.2) is 36.4 Å². The maximum absolute atomic E-state index is 13.8. The van der Waals surface area contributed by atoms with Crippen LogP contribution in [0.4, 0.5) is 13.2 Å². The molecule has 1 unspecified atom stereocenters. The van der Waals surface area contributed by atoms with E-state index in [4.69, 9.17) is 0 Å². The lowest BCUT2D eigenvalue weighted by Crippen LogP contribution is -2.25. The highest BCUT2D eigenvalue weighted by Gasteiger charge is 2.30. The highest BCUT2D eigenvalue weighted by molar-refractivity contribution is 5.38. The Bertz CT molecular complexity index is 601. The molecule has 2 aromatic carbocycles. The van der Waals surface area contributed by atoms with E-state index in [1.165, 1.54) is 31.2 Å². The van der Waals surface area contributed by atoms with E-state index >= 15 is 0 Å². The SMILES string of the molecule is Cc1cc(F)cc(C(C)(O)c2cccc(F)c2F)c1. The Kier molecular flexibility index (Phi) is 3.37. The Morgan fingerprint density at radius 1 is 1.05 bits per heavy atom. The molecule has 0 saturated carbocycles. The van der Waals surface area contributed by atoms with E-state index in [1.54, 1.807) is 6.92 Å². The van der Waals surface area contributed by atoms with Crippen LogP contribution < -0.4 is 0 Å². The van der Waals surface area contributed by atoms with Crippen LogP contribution in [0.25, 0.3) is 0 Å². The quantitative estimate of drug-likeness (QED) is 0.879. The minimum atomic E-state index is -1.81. The van der Waals surface area contributed by atoms with E-state index in [-0.39, 0.29) is 11.1 Å². The van der Waals surface area contributed by atoms with Gasteiger partial charge in [0.15, 0.2) is 11.6 Å². The van der Waals surface area contributed by atoms with Crippen molar-refractivity contribution in [3.8, 4) is 0 Å². The number of halogens is 3. The molecule has 0 aliphatic heterocycles. The minimum Gasteiger partial charge on any atom is -0.381 e. The van der Waals surface area contributed by atoms with Crippen LogP contribution in [-0.2, 0) is 5.60 Å². The molecule has 0 bridgehead atoms. The molecule has 1 N–H and O–H groups in total. The zero-order valence-electron chi connectivity index (χ0n) is 10.5. The summed E-state index contributed by atoms with van der Waals surface area (Å²) in [4.78, 5) is 0. The van der Waals surface area contributed by atoms with Crippen molar-refractivity contribution in [1.82, 2.24) is 0 Å². The molecule has 0 radical (unpaired) electrons. The van der Waals surface area contributed by atoms with Gasteiger partial charge < -0.3 is 5.11 Å². The summed E-state index contributed by atoms with van der Waals surface area (Å²) < 4.78 is 40.4. The Labute approximate surface area is 109 Å². The van der Waals surface area contributed by atoms with E-state index in [0.717, 1.165) is 12.1 Å². The first-order valence-electron chi connectivity index (χ1n) is 5.77. The molecule has 100 valence electrons. The molecule has 0 amide bonds. The molecule has 0 heterocycles. The number of hydrogen-bond acceptors (Lipinski definition) is 1. The van der Waals surface area contributed by atoms with E-state index in [2.05, 4.69) is 0 Å². The second-order valence-corrected chi connectivity index (χ2v) is 4.69. The zero-order chi connectivity index (χ0) is 14.2. The molecule has 1 nitrogen and oxygen atoms in total. The maximum atomic E-state index is 13.8. The Morgan fingerprint density at radius 3 is 2.37 bits per heavy atom. The molecule has 2 aromatic rings. The maximum Gasteiger partial charge on any atom is 0.165 e. The summed E-state index contributed by atoms with van der Waals surface area (Å²) in [6.07, 6.45) is 0. The van der Waals surface area contributed by atoms with Crippen molar-refractivity contribution in [2.24, 2.45) is 0 Å². The Hall–Kier alpha value is -1.81. The topological polar surface area (TPSA) is 20.2 Å². The van der Waals surface area contributed by atoms with E-state index in [1.807, 2.05) is 0 Å². The van der Waals surface area contributed by atoms with Crippen LogP contribution >= 0.6 is 0 Å². The molecule has 19 heavy (non-hydrogen) atoms. The Balaban J connectivity index is 2.61. The van der Waals surface area contributed by atoms with Gasteiger partial charge in [0.05, 0.1) is 0 Å². The minimum absolute atomic E-state index is 0.175. The lowest BCUT2D eigenvalue weighted by Gasteiger charge is -2.25. The van der Waals surface area contributed by atoms with E-state index in [9.17, 15) is 18.3 Å². The van der Waals surface area contributed by atoms with Gasteiger partial charge in [-0.3, -0.25) is 0 Å². The lowest BCUT2D eigenvalue weighted by molar-refractivity contribution is 0.0966. The van der Waals surface area contributed by atoms with Crippen LogP contribution in [-0.4, -0.2) is 5.11 Å². The predicted octanol–water partition coefficient (Wildman–Crippen LogP) is 3.67. The number of hydrogen-bond donors (Lipinski definition) is 1. The first-order chi connectivity index (χ1) is 8.82. The molecule has 0 aliphatic carbocycles. The van der Waals surface area contributed by atoms with Crippen LogP contribution in [0.5, 0.6) is 0 Å². The van der Waals surface area contributed by atoms with Gasteiger partial charge in [-0.2, -0.15) is 0 Å². The number of aliphatic hydroxyl groups is 1. The van der Waals surface area contributed by atoms with Crippen molar-refractivity contribution in [3.63, 3.8) is 0 Å². The highest BCUT2D eigenvalue weighted by atomic mass is 19.2. The number of aryl methyl sites for hydroxylation is 1. The molecular formula is C15H13F3O. The summed E-state index contributed by atoms with van der Waals surface area (Å²) in [6, 6.07) is 7.48. The molecular weight excluding hydrogens is 253 g/mol. The van der Waals surface area contributed by atoms with Crippen molar-refractivity contribution >= 4 is 0 Å². The first-order valence-corrected chi connectivity index (χ1v) is 5.77. The summed E-state index contributed by atoms with van der Waals surface area (Å²) >= 11 is 0. The van der Waals surface area contributed by atoms with Gasteiger partial charge >= 0.3 is 0 Å². The van der Waals surface area contributed by atoms with Crippen molar-refractivity contribution in [1.29, 1.82) is 0 Å². The van der Waals surface area contributed by atoms with Gasteiger partial charge in [-0.25, -0.2) is 13.2 Å². The monoisotopic (exact) mass is 266 g/mol. The number of rotatable bonds is 2. The second-order valence-electron chi connectivity index (χ2n) is 4.69. The van der Waals surface area contributed by atoms with E-state index < -0.39 is 23.1 Å². The van der Waals surface area contributed by atoms with Crippen LogP contribution in [0.2, 0.25) is 0 Å². The smallest absolute Gasteiger partial charge is 0.165 e. The Morgan fingerprint density at radius 2 is 1.74 bits per heavy atom. The van der Waals surface area contributed by atoms with Crippen molar-refractivity contribution in [3.05, 3.63) is 70.5 Å². The molecule has 0 aliphatic rings. The van der Waals surface area contributed by atoms with Gasteiger partial charge in [0.25, 0.3) is 0 Å². The fourth-order valence-electron chi connectivity index (χ4n) is 2.05. The van der Waals surface area contributed by atoms with Crippen molar-refractivity contribution in [2.45, 2.75) is 19.4 Å². The fraction of sp³-hybridized carbons (Fsp3) is 0.200. The van der Waals surface area contributed by atoms with Gasteiger partial charge in [-0.1, -0.05) is 18.2 Å². The second kappa shape index (κ2) is 4.70. The largest absolute Gasteiger partial charge is 0.381 e. The third-order valence-electron chi connectivity index (χ3n) is 3.08. The third-order valence-corrected chi connectivity index (χ3v) is 3.08. The van der Waals surface area contributed by atoms with E-state index in [0.29, 0.717) is 5.56 Å². The summed E-state index contributed by atoms with van der Waals surface area (Å²) in [5.41, 5.74) is -1.27. The zero-order valence-corrected chi connectivity index (χ0v) is 10.5. The average Bonchev–Trinajstić information content (AvgIpc) is 2.31. The van der Waals surface area contributed by atoms with Crippen LogP contribution in [0.3, 0.4) is 0 Å². The summed E-state index contributed by atoms with van der Waals surface area (Å²) in [6.45, 7) is 2.96. The van der Waals surface area contributed by atoms with Gasteiger partial charge in [-0.15, -0.1) is 0 Å². The molecule has 0 spiro atoms. The summed E-state index contributed by atoms with van der Waals surface area (Å²) in [7, 11) is 0. The van der Waals surface area contributed by atoms with Gasteiger partial charge in [0.2, 0.25) is 0 Å². The van der Waals surface area contributed by atoms with Crippen molar-refractivity contribution < 1.29 is 18.3 Å². The molecule has 0 aromatic heterocycles. The van der Waals surface area contributed by atoms with Gasteiger partial charge in [0, 0.05) is 5.56 Å². The first kappa shape index (κ1) is 13.6. The van der Waals surface area contributed by atoms with Crippen LogP contribution in [0, 0.1) is 24.4 Å². The molecule has 0 saturated heterocycles. The average molecular weight is 266 g/mol. The summed E-state index contributed by atoms with van der Waals surface area (Å²) in [5.74, 6) is -2.72. The highest BCUT2D eigenvalue weighted by Crippen LogP contribution is 2.32. The number of benzene rings is 2. The predicted molar refractivity (Wildman–Crippen MR) is 66.2 cm³/mol. The third kappa shape index (κ3) is 2.49.